The second kappa shape index (κ2) is 5.73. The van der Waals surface area contributed by atoms with Crippen LogP contribution >= 0.6 is 0 Å². The average Bonchev–Trinajstić information content (AvgIpc) is 2.68. The molecule has 2 aromatic rings. The van der Waals surface area contributed by atoms with Crippen LogP contribution < -0.4 is 5.69 Å². The first-order valence-corrected chi connectivity index (χ1v) is 6.52. The first-order valence-electron chi connectivity index (χ1n) is 6.52. The van der Waals surface area contributed by atoms with E-state index in [0.717, 1.165) is 11.0 Å². The number of hydrogen-bond acceptors (Lipinski definition) is 3. The summed E-state index contributed by atoms with van der Waals surface area (Å²) in [5.74, 6) is -0.275. The maximum absolute atomic E-state index is 12.3. The highest BCUT2D eigenvalue weighted by Crippen LogP contribution is 2.13. The molecular formula is C14H18N2O3. The smallest absolute Gasteiger partial charge is 0.329 e. The molecule has 0 bridgehead atoms. The van der Waals surface area contributed by atoms with E-state index in [1.807, 2.05) is 31.2 Å². The van der Waals surface area contributed by atoms with E-state index in [4.69, 9.17) is 4.74 Å². The van der Waals surface area contributed by atoms with Gasteiger partial charge in [-0.1, -0.05) is 12.1 Å². The third-order valence-electron chi connectivity index (χ3n) is 3.09. The number of esters is 1. The summed E-state index contributed by atoms with van der Waals surface area (Å²) in [5, 5.41) is 0. The van der Waals surface area contributed by atoms with Gasteiger partial charge in [0.15, 0.2) is 0 Å². The highest BCUT2D eigenvalue weighted by molar-refractivity contribution is 5.76. The topological polar surface area (TPSA) is 53.2 Å². The van der Waals surface area contributed by atoms with Gasteiger partial charge in [0, 0.05) is 13.1 Å². The number of hydrogen-bond donors (Lipinski definition) is 0. The number of aryl methyl sites for hydroxylation is 2. The fourth-order valence-electron chi connectivity index (χ4n) is 2.23. The lowest BCUT2D eigenvalue weighted by Gasteiger charge is -2.03. The number of fused-ring (bicyclic) bond motifs is 1. The SMILES string of the molecule is CCOC(=O)CCn1c(=O)n(CC)c2ccccc21. The average molecular weight is 262 g/mol. The molecule has 19 heavy (non-hydrogen) atoms. The van der Waals surface area contributed by atoms with Crippen LogP contribution in [-0.2, 0) is 22.6 Å². The molecule has 0 saturated heterocycles. The monoisotopic (exact) mass is 262 g/mol. The molecule has 0 radical (unpaired) electrons. The lowest BCUT2D eigenvalue weighted by molar-refractivity contribution is -0.143. The Bertz CT molecular complexity index is 640. The molecule has 0 fully saturated rings. The van der Waals surface area contributed by atoms with Gasteiger partial charge in [0.05, 0.1) is 24.1 Å². The number of rotatable bonds is 5. The van der Waals surface area contributed by atoms with Crippen LogP contribution in [0, 0.1) is 0 Å². The maximum Gasteiger partial charge on any atom is 0.329 e. The summed E-state index contributed by atoms with van der Waals surface area (Å²) < 4.78 is 8.23. The summed E-state index contributed by atoms with van der Waals surface area (Å²) in [5.41, 5.74) is 1.69. The molecule has 102 valence electrons. The highest BCUT2D eigenvalue weighted by atomic mass is 16.5. The van der Waals surface area contributed by atoms with E-state index >= 15 is 0 Å². The Morgan fingerprint density at radius 3 is 2.37 bits per heavy atom. The number of para-hydroxylation sites is 2. The third-order valence-corrected chi connectivity index (χ3v) is 3.09. The first kappa shape index (κ1) is 13.4. The number of ether oxygens (including phenoxy) is 1. The molecule has 1 aromatic carbocycles. The van der Waals surface area contributed by atoms with Crippen molar-refractivity contribution in [3.8, 4) is 0 Å². The normalized spacial score (nSPS) is 10.8. The molecule has 0 aliphatic heterocycles. The van der Waals surface area contributed by atoms with Gasteiger partial charge in [0.1, 0.15) is 0 Å². The van der Waals surface area contributed by atoms with Crippen LogP contribution in [0.4, 0.5) is 0 Å². The summed E-state index contributed by atoms with van der Waals surface area (Å²) in [6.07, 6.45) is 0.214. The molecule has 0 N–H and O–H groups in total. The Labute approximate surface area is 111 Å². The molecule has 0 aliphatic carbocycles. The number of carbonyl (C=O) groups excluding carboxylic acids is 1. The minimum absolute atomic E-state index is 0.0759. The van der Waals surface area contributed by atoms with Gasteiger partial charge < -0.3 is 4.74 Å². The lowest BCUT2D eigenvalue weighted by Crippen LogP contribution is -2.25. The van der Waals surface area contributed by atoms with Crippen molar-refractivity contribution in [3.63, 3.8) is 0 Å². The molecule has 0 unspecified atom stereocenters. The Balaban J connectivity index is 2.35. The van der Waals surface area contributed by atoms with Crippen LogP contribution in [0.3, 0.4) is 0 Å². The zero-order valence-electron chi connectivity index (χ0n) is 11.3. The molecule has 5 nitrogen and oxygen atoms in total. The molecule has 1 aromatic heterocycles. The molecule has 0 aliphatic rings. The predicted molar refractivity (Wildman–Crippen MR) is 73.1 cm³/mol. The molecule has 0 atom stereocenters. The van der Waals surface area contributed by atoms with Crippen molar-refractivity contribution in [2.75, 3.05) is 6.61 Å². The fraction of sp³-hybridized carbons (Fsp3) is 0.429. The van der Waals surface area contributed by atoms with E-state index in [0.29, 0.717) is 19.7 Å². The minimum Gasteiger partial charge on any atom is -0.466 e. The molecule has 0 saturated carbocycles. The summed E-state index contributed by atoms with van der Waals surface area (Å²) in [6.45, 7) is 5.04. The lowest BCUT2D eigenvalue weighted by atomic mass is 10.3. The van der Waals surface area contributed by atoms with Crippen molar-refractivity contribution in [1.29, 1.82) is 0 Å². The van der Waals surface area contributed by atoms with E-state index in [1.54, 1.807) is 16.1 Å². The number of imidazole rings is 1. The Kier molecular flexibility index (Phi) is 4.04. The molecule has 1 heterocycles. The first-order chi connectivity index (χ1) is 9.19. The van der Waals surface area contributed by atoms with E-state index in [-0.39, 0.29) is 18.1 Å². The molecular weight excluding hydrogens is 244 g/mol. The second-order valence-corrected chi connectivity index (χ2v) is 4.22. The van der Waals surface area contributed by atoms with Crippen LogP contribution in [0.1, 0.15) is 20.3 Å². The predicted octanol–water partition coefficient (Wildman–Crippen LogP) is 1.78. The minimum atomic E-state index is -0.275. The summed E-state index contributed by atoms with van der Waals surface area (Å²) >= 11 is 0. The van der Waals surface area contributed by atoms with Gasteiger partial charge in [0.25, 0.3) is 0 Å². The van der Waals surface area contributed by atoms with E-state index < -0.39 is 0 Å². The van der Waals surface area contributed by atoms with Gasteiger partial charge >= 0.3 is 11.7 Å². The van der Waals surface area contributed by atoms with Crippen LogP contribution in [0.15, 0.2) is 29.1 Å². The Morgan fingerprint density at radius 2 is 1.79 bits per heavy atom. The Hall–Kier alpha value is -2.04. The zero-order chi connectivity index (χ0) is 13.8. The van der Waals surface area contributed by atoms with Crippen LogP contribution in [0.25, 0.3) is 11.0 Å². The number of nitrogens with zero attached hydrogens (tertiary/aromatic N) is 2. The second-order valence-electron chi connectivity index (χ2n) is 4.22. The van der Waals surface area contributed by atoms with Gasteiger partial charge in [-0.05, 0) is 26.0 Å². The highest BCUT2D eigenvalue weighted by Gasteiger charge is 2.12. The quantitative estimate of drug-likeness (QED) is 0.772. The van der Waals surface area contributed by atoms with Gasteiger partial charge in [-0.15, -0.1) is 0 Å². The standard InChI is InChI=1S/C14H18N2O3/c1-3-15-11-7-5-6-8-12(11)16(14(15)18)10-9-13(17)19-4-2/h5-8H,3-4,9-10H2,1-2H3. The van der Waals surface area contributed by atoms with E-state index in [1.165, 1.54) is 0 Å². The largest absolute Gasteiger partial charge is 0.466 e. The summed E-state index contributed by atoms with van der Waals surface area (Å²) in [7, 11) is 0. The Morgan fingerprint density at radius 1 is 1.16 bits per heavy atom. The van der Waals surface area contributed by atoms with Gasteiger partial charge in [-0.2, -0.15) is 0 Å². The summed E-state index contributed by atoms with van der Waals surface area (Å²) in [6, 6.07) is 7.61. The van der Waals surface area contributed by atoms with Crippen molar-refractivity contribution < 1.29 is 9.53 Å². The van der Waals surface area contributed by atoms with Crippen molar-refractivity contribution in [2.24, 2.45) is 0 Å². The van der Waals surface area contributed by atoms with Crippen LogP contribution in [0.5, 0.6) is 0 Å². The number of carbonyl (C=O) groups is 1. The zero-order valence-corrected chi connectivity index (χ0v) is 11.3. The molecule has 0 spiro atoms. The van der Waals surface area contributed by atoms with Gasteiger partial charge in [-0.3, -0.25) is 13.9 Å². The van der Waals surface area contributed by atoms with Crippen molar-refractivity contribution in [2.45, 2.75) is 33.4 Å². The van der Waals surface area contributed by atoms with Crippen LogP contribution in [0.2, 0.25) is 0 Å². The number of aromatic nitrogens is 2. The van der Waals surface area contributed by atoms with Crippen molar-refractivity contribution in [1.82, 2.24) is 9.13 Å². The van der Waals surface area contributed by atoms with Gasteiger partial charge in [0.2, 0.25) is 0 Å². The number of benzene rings is 1. The van der Waals surface area contributed by atoms with E-state index in [2.05, 4.69) is 0 Å². The van der Waals surface area contributed by atoms with Crippen molar-refractivity contribution >= 4 is 17.0 Å². The molecule has 5 heteroatoms. The maximum atomic E-state index is 12.3. The van der Waals surface area contributed by atoms with Gasteiger partial charge in [-0.25, -0.2) is 4.79 Å². The molecule has 2 rings (SSSR count). The fourth-order valence-corrected chi connectivity index (χ4v) is 2.23. The van der Waals surface area contributed by atoms with Crippen molar-refractivity contribution in [3.05, 3.63) is 34.7 Å². The third kappa shape index (κ3) is 2.54. The summed E-state index contributed by atoms with van der Waals surface area (Å²) in [4.78, 5) is 23.7. The van der Waals surface area contributed by atoms with Crippen LogP contribution in [-0.4, -0.2) is 21.7 Å². The molecule has 0 amide bonds. The van der Waals surface area contributed by atoms with E-state index in [9.17, 15) is 9.59 Å².